The lowest BCUT2D eigenvalue weighted by Gasteiger charge is -2.44. The van der Waals surface area contributed by atoms with Crippen LogP contribution in [-0.2, 0) is 33.3 Å². The van der Waals surface area contributed by atoms with Crippen molar-refractivity contribution in [2.24, 2.45) is 29.6 Å². The molecular weight excluding hydrogens is 432 g/mol. The second-order valence-electron chi connectivity index (χ2n) is 9.37. The summed E-state index contributed by atoms with van der Waals surface area (Å²) in [4.78, 5) is 23.2. The van der Waals surface area contributed by atoms with Crippen molar-refractivity contribution in [1.29, 1.82) is 0 Å². The van der Waals surface area contributed by atoms with E-state index in [9.17, 15) is 19.8 Å². The van der Waals surface area contributed by atoms with Gasteiger partial charge in [0, 0.05) is 30.1 Å². The standard InChI is InChI=1S/C12H18O5.C12H18O4/c1-6-11-7(2)17-10(13)4-8(11)9(5-16-6)12(14)15-3;1-6-10(13)4-8-9(12(14)15-3)5-16-7(2)11(6)8/h5-8,10-11,13H,4H2,1-3H3;5-8,10-11,13H,4H2,1-3H3/t6-,7-,8?,10?,11?;/m0./s1. The van der Waals surface area contributed by atoms with Gasteiger partial charge in [0.05, 0.1) is 56.2 Å². The molecule has 10 atom stereocenters. The van der Waals surface area contributed by atoms with Crippen molar-refractivity contribution in [2.45, 2.75) is 71.2 Å². The molecule has 4 rings (SSSR count). The second-order valence-corrected chi connectivity index (χ2v) is 9.37. The largest absolute Gasteiger partial charge is 0.497 e. The number of carbonyl (C=O) groups excluding carboxylic acids is 2. The lowest BCUT2D eigenvalue weighted by molar-refractivity contribution is -0.209. The molecule has 3 heterocycles. The van der Waals surface area contributed by atoms with Crippen molar-refractivity contribution in [1.82, 2.24) is 0 Å². The molecule has 0 spiro atoms. The Morgan fingerprint density at radius 3 is 1.82 bits per heavy atom. The number of hydrogen-bond acceptors (Lipinski definition) is 9. The van der Waals surface area contributed by atoms with E-state index in [4.69, 9.17) is 23.7 Å². The Labute approximate surface area is 194 Å². The van der Waals surface area contributed by atoms with E-state index < -0.39 is 12.3 Å². The first kappa shape index (κ1) is 25.5. The number of esters is 2. The molecule has 0 aromatic heterocycles. The Balaban J connectivity index is 0.000000186. The van der Waals surface area contributed by atoms with Crippen LogP contribution in [0.2, 0.25) is 0 Å². The molecule has 3 aliphatic heterocycles. The van der Waals surface area contributed by atoms with E-state index in [2.05, 4.69) is 0 Å². The maximum absolute atomic E-state index is 11.6. The molecule has 0 aromatic carbocycles. The van der Waals surface area contributed by atoms with Gasteiger partial charge >= 0.3 is 11.9 Å². The van der Waals surface area contributed by atoms with Gasteiger partial charge in [-0.15, -0.1) is 0 Å². The number of carbonyl (C=O) groups is 2. The predicted octanol–water partition coefficient (Wildman–Crippen LogP) is 1.92. The van der Waals surface area contributed by atoms with E-state index >= 15 is 0 Å². The summed E-state index contributed by atoms with van der Waals surface area (Å²) in [6, 6.07) is 0. The number of aliphatic hydroxyl groups excluding tert-OH is 2. The first-order valence-electron chi connectivity index (χ1n) is 11.5. The quantitative estimate of drug-likeness (QED) is 0.586. The minimum atomic E-state index is -0.829. The highest BCUT2D eigenvalue weighted by Gasteiger charge is 2.49. The summed E-state index contributed by atoms with van der Waals surface area (Å²) in [7, 11) is 2.71. The van der Waals surface area contributed by atoms with Gasteiger partial charge in [0.2, 0.25) is 0 Å². The molecule has 4 aliphatic rings. The molecule has 0 amide bonds. The van der Waals surface area contributed by atoms with Crippen molar-refractivity contribution in [3.63, 3.8) is 0 Å². The van der Waals surface area contributed by atoms with Gasteiger partial charge in [0.1, 0.15) is 6.10 Å². The monoisotopic (exact) mass is 468 g/mol. The van der Waals surface area contributed by atoms with Crippen LogP contribution < -0.4 is 0 Å². The average Bonchev–Trinajstić information content (AvgIpc) is 3.08. The number of hydrogen-bond donors (Lipinski definition) is 2. The van der Waals surface area contributed by atoms with Gasteiger partial charge in [-0.2, -0.15) is 0 Å². The fraction of sp³-hybridized carbons (Fsp3) is 0.750. The summed E-state index contributed by atoms with van der Waals surface area (Å²) < 4.78 is 25.8. The molecule has 8 unspecified atom stereocenters. The highest BCUT2D eigenvalue weighted by molar-refractivity contribution is 5.89. The third-order valence-electron chi connectivity index (χ3n) is 7.55. The minimum absolute atomic E-state index is 0.0316. The zero-order valence-electron chi connectivity index (χ0n) is 20.1. The second kappa shape index (κ2) is 10.4. The van der Waals surface area contributed by atoms with E-state index in [0.29, 0.717) is 24.0 Å². The van der Waals surface area contributed by atoms with Crippen molar-refractivity contribution in [2.75, 3.05) is 14.2 Å². The third-order valence-corrected chi connectivity index (χ3v) is 7.55. The van der Waals surface area contributed by atoms with E-state index in [1.54, 1.807) is 0 Å². The molecule has 0 radical (unpaired) electrons. The van der Waals surface area contributed by atoms with Crippen LogP contribution in [0.3, 0.4) is 0 Å². The molecule has 2 N–H and O–H groups in total. The van der Waals surface area contributed by atoms with Crippen LogP contribution in [0.25, 0.3) is 0 Å². The number of ether oxygens (including phenoxy) is 5. The third kappa shape index (κ3) is 5.05. The Hall–Kier alpha value is -2.10. The van der Waals surface area contributed by atoms with Gasteiger partial charge in [-0.05, 0) is 33.1 Å². The first-order valence-corrected chi connectivity index (χ1v) is 11.5. The summed E-state index contributed by atoms with van der Waals surface area (Å²) >= 11 is 0. The number of methoxy groups -OCH3 is 2. The lowest BCUT2D eigenvalue weighted by atomic mass is 9.75. The van der Waals surface area contributed by atoms with Crippen molar-refractivity contribution < 1.29 is 43.5 Å². The summed E-state index contributed by atoms with van der Waals surface area (Å²) in [5, 5.41) is 19.5. The number of rotatable bonds is 2. The maximum Gasteiger partial charge on any atom is 0.337 e. The topological polar surface area (TPSA) is 121 Å². The van der Waals surface area contributed by atoms with Gasteiger partial charge in [0.15, 0.2) is 6.29 Å². The van der Waals surface area contributed by atoms with Crippen LogP contribution in [0.15, 0.2) is 23.7 Å². The van der Waals surface area contributed by atoms with Crippen LogP contribution in [0, 0.1) is 29.6 Å². The maximum atomic E-state index is 11.6. The molecule has 1 aliphatic carbocycles. The van der Waals surface area contributed by atoms with Gasteiger partial charge in [-0.25, -0.2) is 9.59 Å². The SMILES string of the molecule is COC(=O)C1=COC(C)C2C1CC(O)C2C.COC(=O)C1=CO[C@@H](C)C2C1CC(O)O[C@H]2C. The van der Waals surface area contributed by atoms with Gasteiger partial charge < -0.3 is 33.9 Å². The number of aliphatic hydroxyl groups is 2. The Morgan fingerprint density at radius 1 is 0.818 bits per heavy atom. The smallest absolute Gasteiger partial charge is 0.337 e. The molecule has 33 heavy (non-hydrogen) atoms. The molecule has 1 saturated carbocycles. The van der Waals surface area contributed by atoms with E-state index in [-0.39, 0.29) is 60.0 Å². The lowest BCUT2D eigenvalue weighted by Crippen LogP contribution is -2.48. The molecule has 0 bridgehead atoms. The van der Waals surface area contributed by atoms with Crippen molar-refractivity contribution in [3.8, 4) is 0 Å². The van der Waals surface area contributed by atoms with Crippen LogP contribution >= 0.6 is 0 Å². The zero-order chi connectivity index (χ0) is 24.4. The van der Waals surface area contributed by atoms with E-state index in [0.717, 1.165) is 0 Å². The molecule has 0 aromatic rings. The van der Waals surface area contributed by atoms with E-state index in [1.807, 2.05) is 27.7 Å². The normalized spacial score (nSPS) is 41.5. The van der Waals surface area contributed by atoms with Crippen molar-refractivity contribution >= 4 is 11.9 Å². The van der Waals surface area contributed by atoms with Crippen LogP contribution in [0.5, 0.6) is 0 Å². The number of fused-ring (bicyclic) bond motifs is 2. The minimum Gasteiger partial charge on any atom is -0.497 e. The van der Waals surface area contributed by atoms with Gasteiger partial charge in [0.25, 0.3) is 0 Å². The molecule has 1 saturated heterocycles. The van der Waals surface area contributed by atoms with E-state index in [1.165, 1.54) is 26.7 Å². The molecule has 9 nitrogen and oxygen atoms in total. The molecule has 2 fully saturated rings. The fourth-order valence-corrected chi connectivity index (χ4v) is 5.83. The molecular formula is C24H36O9. The average molecular weight is 469 g/mol. The van der Waals surface area contributed by atoms with Crippen LogP contribution in [0.4, 0.5) is 0 Å². The zero-order valence-corrected chi connectivity index (χ0v) is 20.1. The Kier molecular flexibility index (Phi) is 8.08. The van der Waals surface area contributed by atoms with Crippen LogP contribution in [-0.4, -0.2) is 67.1 Å². The Morgan fingerprint density at radius 2 is 1.30 bits per heavy atom. The highest BCUT2D eigenvalue weighted by Crippen LogP contribution is 2.46. The summed E-state index contributed by atoms with van der Waals surface area (Å²) in [6.07, 6.45) is 2.68. The fourth-order valence-electron chi connectivity index (χ4n) is 5.83. The van der Waals surface area contributed by atoms with Crippen molar-refractivity contribution in [3.05, 3.63) is 23.7 Å². The Bertz CT molecular complexity index is 791. The molecule has 9 heteroatoms. The van der Waals surface area contributed by atoms with Gasteiger partial charge in [-0.3, -0.25) is 0 Å². The first-order chi connectivity index (χ1) is 15.6. The predicted molar refractivity (Wildman–Crippen MR) is 116 cm³/mol. The summed E-state index contributed by atoms with van der Waals surface area (Å²) in [6.45, 7) is 7.83. The van der Waals surface area contributed by atoms with Gasteiger partial charge in [-0.1, -0.05) is 6.92 Å². The molecule has 186 valence electrons. The highest BCUT2D eigenvalue weighted by atomic mass is 16.6. The summed E-state index contributed by atoms with van der Waals surface area (Å²) in [5.41, 5.74) is 1.05. The van der Waals surface area contributed by atoms with Crippen LogP contribution in [0.1, 0.15) is 40.5 Å². The summed E-state index contributed by atoms with van der Waals surface area (Å²) in [5.74, 6) is -0.303.